The van der Waals surface area contributed by atoms with Crippen LogP contribution >= 0.6 is 0 Å². The molecule has 0 saturated carbocycles. The van der Waals surface area contributed by atoms with Gasteiger partial charge in [0.15, 0.2) is 0 Å². The number of nitrogens with two attached hydrogens (primary N) is 1. The van der Waals surface area contributed by atoms with Crippen LogP contribution in [0.25, 0.3) is 0 Å². The SMILES string of the molecule is COc1ncc(C(O)C(O)CN)cc1C. The quantitative estimate of drug-likeness (QED) is 0.640. The molecule has 1 heterocycles. The highest BCUT2D eigenvalue weighted by Crippen LogP contribution is 2.21. The van der Waals surface area contributed by atoms with Crippen molar-refractivity contribution in [1.29, 1.82) is 0 Å². The molecule has 1 aromatic rings. The van der Waals surface area contributed by atoms with Gasteiger partial charge in [-0.1, -0.05) is 0 Å². The monoisotopic (exact) mass is 212 g/mol. The molecule has 0 aliphatic rings. The molecule has 0 fully saturated rings. The Kier molecular flexibility index (Phi) is 4.02. The number of pyridine rings is 1. The van der Waals surface area contributed by atoms with Crippen LogP contribution in [0.3, 0.4) is 0 Å². The first-order chi connectivity index (χ1) is 7.10. The molecule has 0 aliphatic heterocycles. The minimum absolute atomic E-state index is 0.00619. The van der Waals surface area contributed by atoms with Gasteiger partial charge in [0.05, 0.1) is 13.2 Å². The highest BCUT2D eigenvalue weighted by Gasteiger charge is 2.17. The molecular weight excluding hydrogens is 196 g/mol. The summed E-state index contributed by atoms with van der Waals surface area (Å²) in [6, 6.07) is 1.72. The molecule has 0 radical (unpaired) electrons. The maximum Gasteiger partial charge on any atom is 0.215 e. The third-order valence-electron chi connectivity index (χ3n) is 2.19. The van der Waals surface area contributed by atoms with Crippen molar-refractivity contribution in [2.24, 2.45) is 5.73 Å². The number of hydrogen-bond acceptors (Lipinski definition) is 5. The average Bonchev–Trinajstić information content (AvgIpc) is 2.26. The highest BCUT2D eigenvalue weighted by molar-refractivity contribution is 5.29. The van der Waals surface area contributed by atoms with E-state index in [0.717, 1.165) is 5.56 Å². The average molecular weight is 212 g/mol. The number of rotatable bonds is 4. The molecule has 2 unspecified atom stereocenters. The summed E-state index contributed by atoms with van der Waals surface area (Å²) in [6.07, 6.45) is -0.512. The number of methoxy groups -OCH3 is 1. The molecule has 5 nitrogen and oxygen atoms in total. The number of aryl methyl sites for hydroxylation is 1. The summed E-state index contributed by atoms with van der Waals surface area (Å²) in [4.78, 5) is 4.00. The van der Waals surface area contributed by atoms with Crippen molar-refractivity contribution >= 4 is 0 Å². The van der Waals surface area contributed by atoms with Crippen molar-refractivity contribution in [3.8, 4) is 5.88 Å². The van der Waals surface area contributed by atoms with Gasteiger partial charge in [0, 0.05) is 23.9 Å². The number of hydrogen-bond donors (Lipinski definition) is 3. The van der Waals surface area contributed by atoms with Crippen LogP contribution in [-0.4, -0.2) is 35.0 Å². The molecule has 1 rings (SSSR count). The molecule has 0 aromatic carbocycles. The van der Waals surface area contributed by atoms with Gasteiger partial charge in [0.2, 0.25) is 5.88 Å². The molecule has 0 spiro atoms. The van der Waals surface area contributed by atoms with Crippen LogP contribution in [0.5, 0.6) is 5.88 Å². The van der Waals surface area contributed by atoms with Crippen LogP contribution in [0.2, 0.25) is 0 Å². The number of aliphatic hydroxyl groups excluding tert-OH is 2. The van der Waals surface area contributed by atoms with Gasteiger partial charge in [-0.25, -0.2) is 4.98 Å². The Morgan fingerprint density at radius 2 is 2.20 bits per heavy atom. The Labute approximate surface area is 88.5 Å². The van der Waals surface area contributed by atoms with E-state index in [1.165, 1.54) is 13.3 Å². The van der Waals surface area contributed by atoms with Gasteiger partial charge >= 0.3 is 0 Å². The van der Waals surface area contributed by atoms with Gasteiger partial charge in [-0.2, -0.15) is 0 Å². The van der Waals surface area contributed by atoms with Gasteiger partial charge in [-0.05, 0) is 13.0 Å². The van der Waals surface area contributed by atoms with Gasteiger partial charge < -0.3 is 20.7 Å². The van der Waals surface area contributed by atoms with E-state index in [2.05, 4.69) is 4.98 Å². The van der Waals surface area contributed by atoms with Crippen LogP contribution < -0.4 is 10.5 Å². The highest BCUT2D eigenvalue weighted by atomic mass is 16.5. The molecule has 0 bridgehead atoms. The number of nitrogens with zero attached hydrogens (tertiary/aromatic N) is 1. The van der Waals surface area contributed by atoms with Crippen LogP contribution in [0.1, 0.15) is 17.2 Å². The third kappa shape index (κ3) is 2.65. The minimum atomic E-state index is -1.01. The van der Waals surface area contributed by atoms with Gasteiger partial charge in [-0.3, -0.25) is 0 Å². The Balaban J connectivity index is 2.92. The van der Waals surface area contributed by atoms with Crippen molar-refractivity contribution in [3.63, 3.8) is 0 Å². The molecule has 1 aromatic heterocycles. The van der Waals surface area contributed by atoms with Crippen LogP contribution in [0, 0.1) is 6.92 Å². The lowest BCUT2D eigenvalue weighted by atomic mass is 10.1. The van der Waals surface area contributed by atoms with Gasteiger partial charge in [-0.15, -0.1) is 0 Å². The second kappa shape index (κ2) is 5.06. The predicted molar refractivity (Wildman–Crippen MR) is 55.5 cm³/mol. The molecule has 2 atom stereocenters. The molecule has 0 saturated heterocycles. The van der Waals surface area contributed by atoms with E-state index < -0.39 is 12.2 Å². The van der Waals surface area contributed by atoms with E-state index in [1.54, 1.807) is 6.07 Å². The molecule has 0 aliphatic carbocycles. The zero-order chi connectivity index (χ0) is 11.4. The topological polar surface area (TPSA) is 88.6 Å². The van der Waals surface area contributed by atoms with E-state index in [-0.39, 0.29) is 6.54 Å². The molecule has 84 valence electrons. The Hall–Kier alpha value is -1.17. The summed E-state index contributed by atoms with van der Waals surface area (Å²) in [7, 11) is 1.53. The first-order valence-corrected chi connectivity index (χ1v) is 4.67. The maximum atomic E-state index is 9.67. The first-order valence-electron chi connectivity index (χ1n) is 4.67. The first kappa shape index (κ1) is 11.9. The van der Waals surface area contributed by atoms with E-state index in [4.69, 9.17) is 10.5 Å². The molecule has 4 N–H and O–H groups in total. The molecule has 5 heteroatoms. The van der Waals surface area contributed by atoms with Crippen molar-refractivity contribution in [3.05, 3.63) is 23.4 Å². The maximum absolute atomic E-state index is 9.67. The van der Waals surface area contributed by atoms with Crippen LogP contribution in [-0.2, 0) is 0 Å². The molecule has 0 amide bonds. The lowest BCUT2D eigenvalue weighted by molar-refractivity contribution is 0.0240. The van der Waals surface area contributed by atoms with Gasteiger partial charge in [0.1, 0.15) is 6.10 Å². The second-order valence-corrected chi connectivity index (χ2v) is 3.34. The molecular formula is C10H16N2O3. The Bertz CT molecular complexity index is 330. The standard InChI is InChI=1S/C10H16N2O3/c1-6-3-7(5-12-10(6)15-2)9(14)8(13)4-11/h3,5,8-9,13-14H,4,11H2,1-2H3. The zero-order valence-electron chi connectivity index (χ0n) is 8.84. The summed E-state index contributed by atoms with van der Waals surface area (Å²) >= 11 is 0. The largest absolute Gasteiger partial charge is 0.481 e. The molecule has 15 heavy (non-hydrogen) atoms. The van der Waals surface area contributed by atoms with Gasteiger partial charge in [0.25, 0.3) is 0 Å². The van der Waals surface area contributed by atoms with Crippen molar-refractivity contribution in [2.75, 3.05) is 13.7 Å². The predicted octanol–water partition coefficient (Wildman–Crippen LogP) is -0.248. The lowest BCUT2D eigenvalue weighted by Gasteiger charge is -2.16. The fourth-order valence-electron chi connectivity index (χ4n) is 1.31. The van der Waals surface area contributed by atoms with Crippen molar-refractivity contribution < 1.29 is 14.9 Å². The lowest BCUT2D eigenvalue weighted by Crippen LogP contribution is -2.27. The number of aromatic nitrogens is 1. The fraction of sp³-hybridized carbons (Fsp3) is 0.500. The summed E-state index contributed by atoms with van der Waals surface area (Å²) in [5.74, 6) is 0.508. The Morgan fingerprint density at radius 3 is 2.67 bits per heavy atom. The van der Waals surface area contributed by atoms with E-state index >= 15 is 0 Å². The van der Waals surface area contributed by atoms with Crippen LogP contribution in [0.15, 0.2) is 12.3 Å². The van der Waals surface area contributed by atoms with E-state index in [9.17, 15) is 10.2 Å². The fourth-order valence-corrected chi connectivity index (χ4v) is 1.31. The number of aliphatic hydroxyl groups is 2. The summed E-state index contributed by atoms with van der Waals surface area (Å²) in [5, 5.41) is 19.0. The zero-order valence-corrected chi connectivity index (χ0v) is 8.84. The van der Waals surface area contributed by atoms with E-state index in [1.807, 2.05) is 6.92 Å². The van der Waals surface area contributed by atoms with Crippen LogP contribution in [0.4, 0.5) is 0 Å². The minimum Gasteiger partial charge on any atom is -0.481 e. The van der Waals surface area contributed by atoms with E-state index in [0.29, 0.717) is 11.4 Å². The third-order valence-corrected chi connectivity index (χ3v) is 2.19. The summed E-state index contributed by atoms with van der Waals surface area (Å²) in [6.45, 7) is 1.82. The number of ether oxygens (including phenoxy) is 1. The van der Waals surface area contributed by atoms with Crippen molar-refractivity contribution in [2.45, 2.75) is 19.1 Å². The summed E-state index contributed by atoms with van der Waals surface area (Å²) < 4.78 is 4.99. The normalized spacial score (nSPS) is 14.7. The Morgan fingerprint density at radius 1 is 1.53 bits per heavy atom. The summed E-state index contributed by atoms with van der Waals surface area (Å²) in [5.41, 5.74) is 6.59. The van der Waals surface area contributed by atoms with Crippen molar-refractivity contribution in [1.82, 2.24) is 4.98 Å². The second-order valence-electron chi connectivity index (χ2n) is 3.34. The smallest absolute Gasteiger partial charge is 0.215 e.